The first-order valence-corrected chi connectivity index (χ1v) is 6.73. The van der Waals surface area contributed by atoms with Crippen molar-refractivity contribution in [1.29, 1.82) is 0 Å². The van der Waals surface area contributed by atoms with Crippen LogP contribution in [0.1, 0.15) is 10.4 Å². The Morgan fingerprint density at radius 1 is 1.05 bits per heavy atom. The number of esters is 1. The summed E-state index contributed by atoms with van der Waals surface area (Å²) in [6.45, 7) is 0. The molecule has 0 aromatic heterocycles. The molecule has 0 bridgehead atoms. The molecule has 0 aliphatic carbocycles. The van der Waals surface area contributed by atoms with Gasteiger partial charge in [-0.1, -0.05) is 15.9 Å². The molecule has 0 atom stereocenters. The number of halogens is 2. The quantitative estimate of drug-likeness (QED) is 0.618. The second kappa shape index (κ2) is 6.58. The molecule has 2 rings (SSSR count). The molecule has 0 saturated carbocycles. The van der Waals surface area contributed by atoms with E-state index in [1.54, 1.807) is 12.1 Å². The van der Waals surface area contributed by atoms with Crippen LogP contribution >= 0.6 is 15.9 Å². The van der Waals surface area contributed by atoms with Crippen LogP contribution in [-0.4, -0.2) is 20.2 Å². The second-order valence-corrected chi connectivity index (χ2v) is 4.98. The van der Waals surface area contributed by atoms with Crippen LogP contribution in [0.5, 0.6) is 17.2 Å². The highest BCUT2D eigenvalue weighted by Crippen LogP contribution is 2.25. The van der Waals surface area contributed by atoms with Gasteiger partial charge < -0.3 is 14.2 Å². The van der Waals surface area contributed by atoms with Gasteiger partial charge in [0, 0.05) is 10.5 Å². The SMILES string of the molecule is COc1cc(OC)cc(C(=O)Oc2ccc(Br)cc2F)c1. The van der Waals surface area contributed by atoms with Crippen LogP contribution in [0.3, 0.4) is 0 Å². The summed E-state index contributed by atoms with van der Waals surface area (Å²) in [5, 5.41) is 0. The Balaban J connectivity index is 2.27. The molecule has 0 amide bonds. The van der Waals surface area contributed by atoms with Gasteiger partial charge in [-0.2, -0.15) is 0 Å². The lowest BCUT2D eigenvalue weighted by atomic mass is 10.2. The Bertz CT molecular complexity index is 650. The highest BCUT2D eigenvalue weighted by Gasteiger charge is 2.14. The lowest BCUT2D eigenvalue weighted by Crippen LogP contribution is -2.10. The average molecular weight is 355 g/mol. The highest BCUT2D eigenvalue weighted by molar-refractivity contribution is 9.10. The molecule has 110 valence electrons. The van der Waals surface area contributed by atoms with Crippen molar-refractivity contribution in [3.05, 3.63) is 52.3 Å². The number of hydrogen-bond acceptors (Lipinski definition) is 4. The van der Waals surface area contributed by atoms with Crippen LogP contribution in [0.25, 0.3) is 0 Å². The molecule has 0 aliphatic heterocycles. The molecule has 0 N–H and O–H groups in total. The van der Waals surface area contributed by atoms with Crippen LogP contribution < -0.4 is 14.2 Å². The van der Waals surface area contributed by atoms with Crippen LogP contribution in [0.2, 0.25) is 0 Å². The minimum absolute atomic E-state index is 0.148. The monoisotopic (exact) mass is 354 g/mol. The number of carbonyl (C=O) groups excluding carboxylic acids is 1. The average Bonchev–Trinajstić information content (AvgIpc) is 2.49. The largest absolute Gasteiger partial charge is 0.497 e. The van der Waals surface area contributed by atoms with Crippen molar-refractivity contribution in [2.45, 2.75) is 0 Å². The predicted molar refractivity (Wildman–Crippen MR) is 78.6 cm³/mol. The van der Waals surface area contributed by atoms with Crippen molar-refractivity contribution in [2.24, 2.45) is 0 Å². The van der Waals surface area contributed by atoms with Crippen molar-refractivity contribution in [2.75, 3.05) is 14.2 Å². The fourth-order valence-corrected chi connectivity index (χ4v) is 1.98. The number of methoxy groups -OCH3 is 2. The molecule has 2 aromatic carbocycles. The Hall–Kier alpha value is -2.08. The summed E-state index contributed by atoms with van der Waals surface area (Å²) in [4.78, 5) is 12.1. The summed E-state index contributed by atoms with van der Waals surface area (Å²) in [7, 11) is 2.94. The van der Waals surface area contributed by atoms with Gasteiger partial charge in [0.15, 0.2) is 11.6 Å². The number of hydrogen-bond donors (Lipinski definition) is 0. The van der Waals surface area contributed by atoms with Crippen molar-refractivity contribution in [3.63, 3.8) is 0 Å². The third-order valence-corrected chi connectivity index (χ3v) is 3.18. The van der Waals surface area contributed by atoms with Crippen LogP contribution in [0, 0.1) is 5.82 Å². The maximum Gasteiger partial charge on any atom is 0.343 e. The van der Waals surface area contributed by atoms with Crippen molar-refractivity contribution >= 4 is 21.9 Å². The van der Waals surface area contributed by atoms with Gasteiger partial charge in [-0.25, -0.2) is 9.18 Å². The number of carbonyl (C=O) groups is 1. The van der Waals surface area contributed by atoms with Gasteiger partial charge in [0.1, 0.15) is 11.5 Å². The summed E-state index contributed by atoms with van der Waals surface area (Å²) < 4.78 is 29.4. The van der Waals surface area contributed by atoms with Crippen LogP contribution in [0.15, 0.2) is 40.9 Å². The van der Waals surface area contributed by atoms with Gasteiger partial charge in [-0.3, -0.25) is 0 Å². The maximum atomic E-state index is 13.7. The molecule has 0 saturated heterocycles. The van der Waals surface area contributed by atoms with E-state index >= 15 is 0 Å². The molecule has 0 unspecified atom stereocenters. The van der Waals surface area contributed by atoms with Gasteiger partial charge in [0.05, 0.1) is 19.8 Å². The summed E-state index contributed by atoms with van der Waals surface area (Å²) in [6.07, 6.45) is 0. The first kappa shape index (κ1) is 15.3. The van der Waals surface area contributed by atoms with E-state index in [9.17, 15) is 9.18 Å². The molecule has 0 aliphatic rings. The van der Waals surface area contributed by atoms with Crippen molar-refractivity contribution in [1.82, 2.24) is 0 Å². The van der Waals surface area contributed by atoms with Gasteiger partial charge in [-0.05, 0) is 30.3 Å². The fourth-order valence-electron chi connectivity index (χ4n) is 1.64. The number of benzene rings is 2. The molecule has 0 spiro atoms. The minimum atomic E-state index is -0.701. The standard InChI is InChI=1S/C15H12BrFO4/c1-19-11-5-9(6-12(8-11)20-2)15(18)21-14-4-3-10(16)7-13(14)17/h3-8H,1-2H3. The zero-order valence-electron chi connectivity index (χ0n) is 11.4. The maximum absolute atomic E-state index is 13.7. The highest BCUT2D eigenvalue weighted by atomic mass is 79.9. The topological polar surface area (TPSA) is 44.8 Å². The Labute approximate surface area is 129 Å². The summed E-state index contributed by atoms with van der Waals surface area (Å²) in [5.41, 5.74) is 0.202. The summed E-state index contributed by atoms with van der Waals surface area (Å²) in [6, 6.07) is 8.77. The van der Waals surface area contributed by atoms with Crippen LogP contribution in [0.4, 0.5) is 4.39 Å². The zero-order valence-corrected chi connectivity index (χ0v) is 12.9. The Kier molecular flexibility index (Phi) is 4.80. The van der Waals surface area contributed by atoms with E-state index in [4.69, 9.17) is 14.2 Å². The molecule has 2 aromatic rings. The Morgan fingerprint density at radius 2 is 1.67 bits per heavy atom. The fraction of sp³-hybridized carbons (Fsp3) is 0.133. The molecule has 0 fully saturated rings. The lowest BCUT2D eigenvalue weighted by molar-refractivity contribution is 0.0727. The summed E-state index contributed by atoms with van der Waals surface area (Å²) in [5.74, 6) is -0.596. The summed E-state index contributed by atoms with van der Waals surface area (Å²) >= 11 is 3.13. The third kappa shape index (κ3) is 3.72. The normalized spacial score (nSPS) is 10.1. The van der Waals surface area contributed by atoms with Crippen molar-refractivity contribution < 1.29 is 23.4 Å². The number of ether oxygens (including phenoxy) is 3. The molecular formula is C15H12BrFO4. The van der Waals surface area contributed by atoms with E-state index in [0.29, 0.717) is 16.0 Å². The van der Waals surface area contributed by atoms with E-state index in [1.165, 1.54) is 38.5 Å². The molecular weight excluding hydrogens is 343 g/mol. The Morgan fingerprint density at radius 3 is 2.19 bits per heavy atom. The first-order valence-electron chi connectivity index (χ1n) is 5.94. The van der Waals surface area contributed by atoms with E-state index in [1.807, 2.05) is 0 Å². The van der Waals surface area contributed by atoms with Crippen molar-refractivity contribution in [3.8, 4) is 17.2 Å². The molecule has 6 heteroatoms. The second-order valence-electron chi connectivity index (χ2n) is 4.07. The molecule has 0 radical (unpaired) electrons. The number of rotatable bonds is 4. The molecule has 0 heterocycles. The van der Waals surface area contributed by atoms with Gasteiger partial charge in [0.25, 0.3) is 0 Å². The van der Waals surface area contributed by atoms with Gasteiger partial charge >= 0.3 is 5.97 Å². The molecule has 21 heavy (non-hydrogen) atoms. The third-order valence-electron chi connectivity index (χ3n) is 2.68. The lowest BCUT2D eigenvalue weighted by Gasteiger charge is -2.09. The van der Waals surface area contributed by atoms with Gasteiger partial charge in [0.2, 0.25) is 0 Å². The molecule has 4 nitrogen and oxygen atoms in total. The predicted octanol–water partition coefficient (Wildman–Crippen LogP) is 3.82. The van der Waals surface area contributed by atoms with E-state index in [0.717, 1.165) is 0 Å². The van der Waals surface area contributed by atoms with Crippen LogP contribution in [-0.2, 0) is 0 Å². The zero-order chi connectivity index (χ0) is 15.4. The van der Waals surface area contributed by atoms with E-state index < -0.39 is 11.8 Å². The van der Waals surface area contributed by atoms with E-state index in [2.05, 4.69) is 15.9 Å². The van der Waals surface area contributed by atoms with Gasteiger partial charge in [-0.15, -0.1) is 0 Å². The van der Waals surface area contributed by atoms with E-state index in [-0.39, 0.29) is 11.3 Å². The smallest absolute Gasteiger partial charge is 0.343 e. The minimum Gasteiger partial charge on any atom is -0.497 e. The first-order chi connectivity index (χ1) is 10.0.